The average molecular weight is 395 g/mol. The Kier molecular flexibility index (Phi) is 7.25. The van der Waals surface area contributed by atoms with E-state index in [9.17, 15) is 9.59 Å². The van der Waals surface area contributed by atoms with Crippen LogP contribution in [0.25, 0.3) is 0 Å². The van der Waals surface area contributed by atoms with Gasteiger partial charge in [-0.25, -0.2) is 0 Å². The van der Waals surface area contributed by atoms with Gasteiger partial charge in [-0.05, 0) is 50.6 Å². The van der Waals surface area contributed by atoms with Crippen molar-refractivity contribution in [2.24, 2.45) is 0 Å². The van der Waals surface area contributed by atoms with E-state index in [1.807, 2.05) is 38.1 Å². The fourth-order valence-electron chi connectivity index (χ4n) is 3.59. The normalized spacial score (nSPS) is 14.5. The Hall–Kier alpha value is -2.86. The van der Waals surface area contributed by atoms with Crippen molar-refractivity contribution in [3.05, 3.63) is 59.7 Å². The van der Waals surface area contributed by atoms with Gasteiger partial charge in [0, 0.05) is 44.1 Å². The first kappa shape index (κ1) is 20.9. The molecule has 6 heteroatoms. The molecule has 29 heavy (non-hydrogen) atoms. The van der Waals surface area contributed by atoms with E-state index in [1.165, 1.54) is 5.69 Å². The Balaban J connectivity index is 1.33. The van der Waals surface area contributed by atoms with Crippen LogP contribution >= 0.6 is 0 Å². The first-order valence-corrected chi connectivity index (χ1v) is 10.2. The Labute approximate surface area is 172 Å². The largest absolute Gasteiger partial charge is 0.369 e. The summed E-state index contributed by atoms with van der Waals surface area (Å²) >= 11 is 0. The zero-order chi connectivity index (χ0) is 20.6. The van der Waals surface area contributed by atoms with Crippen molar-refractivity contribution in [3.63, 3.8) is 0 Å². The third kappa shape index (κ3) is 6.06. The number of nitrogens with one attached hydrogen (secondary N) is 2. The molecule has 2 aromatic carbocycles. The summed E-state index contributed by atoms with van der Waals surface area (Å²) in [7, 11) is 0. The standard InChI is InChI=1S/C23H30N4O2/c1-18-9-10-21(19(2)17-18)25-23(29)22(28)24-11-6-12-26-13-15-27(16-14-26)20-7-4-3-5-8-20/h3-5,7-10,17H,6,11-16H2,1-2H3,(H,24,28)(H,25,29). The highest BCUT2D eigenvalue weighted by molar-refractivity contribution is 6.39. The van der Waals surface area contributed by atoms with Gasteiger partial charge in [0.2, 0.25) is 0 Å². The van der Waals surface area contributed by atoms with Crippen molar-refractivity contribution < 1.29 is 9.59 Å². The van der Waals surface area contributed by atoms with Crippen LogP contribution in [0.15, 0.2) is 48.5 Å². The number of benzene rings is 2. The molecule has 1 fully saturated rings. The van der Waals surface area contributed by atoms with Gasteiger partial charge in [-0.2, -0.15) is 0 Å². The number of amides is 2. The van der Waals surface area contributed by atoms with Crippen molar-refractivity contribution >= 4 is 23.2 Å². The molecular weight excluding hydrogens is 364 g/mol. The Morgan fingerprint density at radius 2 is 1.66 bits per heavy atom. The number of carbonyl (C=O) groups is 2. The predicted octanol–water partition coefficient (Wildman–Crippen LogP) is 2.57. The van der Waals surface area contributed by atoms with E-state index in [4.69, 9.17) is 0 Å². The summed E-state index contributed by atoms with van der Waals surface area (Å²) < 4.78 is 0. The number of aryl methyl sites for hydroxylation is 2. The lowest BCUT2D eigenvalue weighted by atomic mass is 10.1. The Bertz CT molecular complexity index is 830. The minimum atomic E-state index is -0.617. The molecule has 3 rings (SSSR count). The number of nitrogens with zero attached hydrogens (tertiary/aromatic N) is 2. The van der Waals surface area contributed by atoms with Gasteiger partial charge in [0.15, 0.2) is 0 Å². The highest BCUT2D eigenvalue weighted by Crippen LogP contribution is 2.16. The minimum absolute atomic E-state index is 0.498. The maximum atomic E-state index is 12.1. The van der Waals surface area contributed by atoms with Crippen molar-refractivity contribution in [3.8, 4) is 0 Å². The first-order chi connectivity index (χ1) is 14.0. The molecule has 1 heterocycles. The van der Waals surface area contributed by atoms with E-state index in [-0.39, 0.29) is 0 Å². The monoisotopic (exact) mass is 394 g/mol. The highest BCUT2D eigenvalue weighted by atomic mass is 16.2. The van der Waals surface area contributed by atoms with E-state index >= 15 is 0 Å². The predicted molar refractivity (Wildman–Crippen MR) is 117 cm³/mol. The molecule has 1 aliphatic heterocycles. The molecule has 6 nitrogen and oxygen atoms in total. The van der Waals surface area contributed by atoms with Crippen molar-refractivity contribution in [1.82, 2.24) is 10.2 Å². The summed E-state index contributed by atoms with van der Waals surface area (Å²) in [4.78, 5) is 28.9. The number of rotatable bonds is 6. The van der Waals surface area contributed by atoms with Gasteiger partial charge in [-0.3, -0.25) is 14.5 Å². The van der Waals surface area contributed by atoms with Gasteiger partial charge < -0.3 is 15.5 Å². The lowest BCUT2D eigenvalue weighted by Gasteiger charge is -2.36. The van der Waals surface area contributed by atoms with Gasteiger partial charge in [0.25, 0.3) is 0 Å². The number of carbonyl (C=O) groups excluding carboxylic acids is 2. The molecule has 1 aliphatic rings. The van der Waals surface area contributed by atoms with E-state index in [2.05, 4.69) is 44.7 Å². The topological polar surface area (TPSA) is 64.7 Å². The molecule has 0 bridgehead atoms. The molecular formula is C23H30N4O2. The molecule has 0 unspecified atom stereocenters. The van der Waals surface area contributed by atoms with Gasteiger partial charge >= 0.3 is 11.8 Å². The molecule has 154 valence electrons. The van der Waals surface area contributed by atoms with Crippen LogP contribution in [0.1, 0.15) is 17.5 Å². The van der Waals surface area contributed by atoms with Crippen molar-refractivity contribution in [1.29, 1.82) is 0 Å². The first-order valence-electron chi connectivity index (χ1n) is 10.2. The van der Waals surface area contributed by atoms with E-state index in [1.54, 1.807) is 0 Å². The zero-order valence-electron chi connectivity index (χ0n) is 17.3. The second kappa shape index (κ2) is 10.1. The molecule has 0 spiro atoms. The minimum Gasteiger partial charge on any atom is -0.369 e. The van der Waals surface area contributed by atoms with E-state index in [0.29, 0.717) is 12.2 Å². The number of hydrogen-bond donors (Lipinski definition) is 2. The van der Waals surface area contributed by atoms with E-state index < -0.39 is 11.8 Å². The molecule has 0 aromatic heterocycles. The van der Waals surface area contributed by atoms with Crippen LogP contribution in [-0.2, 0) is 9.59 Å². The van der Waals surface area contributed by atoms with Gasteiger partial charge in [-0.1, -0.05) is 35.9 Å². The molecule has 0 saturated carbocycles. The second-order valence-electron chi connectivity index (χ2n) is 7.55. The van der Waals surface area contributed by atoms with Crippen molar-refractivity contribution in [2.45, 2.75) is 20.3 Å². The molecule has 0 atom stereocenters. The lowest BCUT2D eigenvalue weighted by molar-refractivity contribution is -0.136. The van der Waals surface area contributed by atoms with Crippen LogP contribution in [0.5, 0.6) is 0 Å². The zero-order valence-corrected chi connectivity index (χ0v) is 17.3. The summed E-state index contributed by atoms with van der Waals surface area (Å²) in [6, 6.07) is 16.2. The fraction of sp³-hybridized carbons (Fsp3) is 0.391. The van der Waals surface area contributed by atoms with Crippen LogP contribution in [0.2, 0.25) is 0 Å². The molecule has 0 aliphatic carbocycles. The molecule has 2 N–H and O–H groups in total. The van der Waals surface area contributed by atoms with E-state index in [0.717, 1.165) is 50.3 Å². The molecule has 0 radical (unpaired) electrons. The molecule has 2 aromatic rings. The van der Waals surface area contributed by atoms with Gasteiger partial charge in [0.1, 0.15) is 0 Å². The quantitative estimate of drug-likeness (QED) is 0.584. The highest BCUT2D eigenvalue weighted by Gasteiger charge is 2.17. The maximum absolute atomic E-state index is 12.1. The number of piperazine rings is 1. The Morgan fingerprint density at radius 1 is 0.931 bits per heavy atom. The molecule has 1 saturated heterocycles. The van der Waals surface area contributed by atoms with Gasteiger partial charge in [-0.15, -0.1) is 0 Å². The van der Waals surface area contributed by atoms with Crippen LogP contribution in [0, 0.1) is 13.8 Å². The summed E-state index contributed by atoms with van der Waals surface area (Å²) in [6.07, 6.45) is 0.827. The smallest absolute Gasteiger partial charge is 0.313 e. The molecule has 2 amide bonds. The van der Waals surface area contributed by atoms with Crippen LogP contribution in [0.3, 0.4) is 0 Å². The van der Waals surface area contributed by atoms with Crippen molar-refractivity contribution in [2.75, 3.05) is 49.5 Å². The van der Waals surface area contributed by atoms with Crippen LogP contribution < -0.4 is 15.5 Å². The second-order valence-corrected chi connectivity index (χ2v) is 7.55. The summed E-state index contributed by atoms with van der Waals surface area (Å²) in [5.74, 6) is -1.20. The average Bonchev–Trinajstić information content (AvgIpc) is 2.74. The number of anilines is 2. The maximum Gasteiger partial charge on any atom is 0.313 e. The summed E-state index contributed by atoms with van der Waals surface area (Å²) in [5.41, 5.74) is 4.01. The number of hydrogen-bond acceptors (Lipinski definition) is 4. The summed E-state index contributed by atoms with van der Waals surface area (Å²) in [6.45, 7) is 9.36. The summed E-state index contributed by atoms with van der Waals surface area (Å²) in [5, 5.41) is 5.40. The SMILES string of the molecule is Cc1ccc(NC(=O)C(=O)NCCCN2CCN(c3ccccc3)CC2)c(C)c1. The Morgan fingerprint density at radius 3 is 2.34 bits per heavy atom. The van der Waals surface area contributed by atoms with Crippen LogP contribution in [0.4, 0.5) is 11.4 Å². The fourth-order valence-corrected chi connectivity index (χ4v) is 3.59. The lowest BCUT2D eigenvalue weighted by Crippen LogP contribution is -2.47. The van der Waals surface area contributed by atoms with Gasteiger partial charge in [0.05, 0.1) is 0 Å². The number of para-hydroxylation sites is 1. The third-order valence-corrected chi connectivity index (χ3v) is 5.27. The third-order valence-electron chi connectivity index (χ3n) is 5.27. The van der Waals surface area contributed by atoms with Crippen LogP contribution in [-0.4, -0.2) is 56.0 Å².